The largest absolute Gasteiger partial charge is 0.440 e. The van der Waals surface area contributed by atoms with Crippen molar-refractivity contribution in [2.24, 2.45) is 0 Å². The lowest BCUT2D eigenvalue weighted by atomic mass is 9.89. The molecule has 10 aromatic rings. The molecular weight excluding hydrogens is 1740 g/mol. The lowest BCUT2D eigenvalue weighted by Crippen LogP contribution is -2.35. The van der Waals surface area contributed by atoms with Crippen molar-refractivity contribution in [3.63, 3.8) is 0 Å². The molecule has 4 aromatic carbocycles. The van der Waals surface area contributed by atoms with Crippen LogP contribution in [0.2, 0.25) is 5.02 Å². The number of aliphatic hydroxyl groups is 1. The normalized spacial score (nSPS) is 22.1. The van der Waals surface area contributed by atoms with Crippen molar-refractivity contribution in [1.82, 2.24) is 49.8 Å². The Kier molecular flexibility index (Phi) is 29.0. The molecule has 0 bridgehead atoms. The average Bonchev–Trinajstić information content (AvgIpc) is 1.61. The quantitative estimate of drug-likeness (QED) is 0.0533. The molecule has 0 radical (unpaired) electrons. The maximum absolute atomic E-state index is 13.5. The number of para-hydroxylation sites is 4. The van der Waals surface area contributed by atoms with Gasteiger partial charge in [0.25, 0.3) is 5.92 Å². The number of rotatable bonds is 18. The third-order valence-corrected chi connectivity index (χ3v) is 32.8. The summed E-state index contributed by atoms with van der Waals surface area (Å²) in [5.41, 5.74) is 10.6. The highest BCUT2D eigenvalue weighted by Crippen LogP contribution is 2.45. The third kappa shape index (κ3) is 21.1. The maximum atomic E-state index is 13.5. The molecule has 129 heavy (non-hydrogen) atoms. The Hall–Kier alpha value is -8.87. The second-order valence-corrected chi connectivity index (χ2v) is 42.1. The molecule has 17 heterocycles. The number of aromatic nitrogens is 10. The van der Waals surface area contributed by atoms with E-state index in [1.54, 1.807) is 12.1 Å². The molecule has 4 unspecified atom stereocenters. The predicted molar refractivity (Wildman–Crippen MR) is 504 cm³/mol. The number of aliphatic hydroxyl groups excluding tert-OH is 1. The van der Waals surface area contributed by atoms with E-state index in [9.17, 15) is 30.7 Å². The van der Waals surface area contributed by atoms with Crippen molar-refractivity contribution in [2.75, 3.05) is 162 Å². The summed E-state index contributed by atoms with van der Waals surface area (Å²) in [7, 11) is -4.17. The highest BCUT2D eigenvalue weighted by molar-refractivity contribution is 7.86. The van der Waals surface area contributed by atoms with Crippen LogP contribution in [0.5, 0.6) is 0 Å². The Morgan fingerprint density at radius 2 is 0.767 bits per heavy atom. The summed E-state index contributed by atoms with van der Waals surface area (Å²) < 4.78 is 106. The number of aryl methyl sites for hydroxylation is 5. The smallest absolute Gasteiger partial charge is 0.270 e. The summed E-state index contributed by atoms with van der Waals surface area (Å²) in [4.78, 5) is 60.0. The van der Waals surface area contributed by atoms with Gasteiger partial charge in [0.15, 0.2) is 22.9 Å². The van der Waals surface area contributed by atoms with Crippen LogP contribution in [0.1, 0.15) is 205 Å². The summed E-state index contributed by atoms with van der Waals surface area (Å²) in [5, 5.41) is 24.6. The lowest BCUT2D eigenvalue weighted by molar-refractivity contribution is 0.0174. The maximum Gasteiger partial charge on any atom is 0.270 e. The van der Waals surface area contributed by atoms with E-state index >= 15 is 0 Å². The summed E-state index contributed by atoms with van der Waals surface area (Å²) in [6, 6.07) is 29.8. The van der Waals surface area contributed by atoms with E-state index in [4.69, 9.17) is 79.5 Å². The number of halogens is 3. The van der Waals surface area contributed by atoms with Crippen LogP contribution in [-0.4, -0.2) is 217 Å². The fourth-order valence-electron chi connectivity index (χ4n) is 19.2. The van der Waals surface area contributed by atoms with Crippen LogP contribution in [0.15, 0.2) is 119 Å². The van der Waals surface area contributed by atoms with E-state index in [1.165, 1.54) is 11.1 Å². The second kappa shape index (κ2) is 40.7. The van der Waals surface area contributed by atoms with Gasteiger partial charge in [-0.05, 0) is 175 Å². The Balaban J connectivity index is 0.000000120. The monoisotopic (exact) mass is 1860 g/mol. The summed E-state index contributed by atoms with van der Waals surface area (Å²) in [6.45, 7) is 14.3. The number of piperidine rings is 4. The van der Waals surface area contributed by atoms with Crippen molar-refractivity contribution < 1.29 is 53.8 Å². The zero-order valence-corrected chi connectivity index (χ0v) is 76.0. The molecule has 7 saturated heterocycles. The van der Waals surface area contributed by atoms with E-state index < -0.39 is 49.1 Å². The van der Waals surface area contributed by atoms with E-state index in [1.807, 2.05) is 66.7 Å². The fourth-order valence-corrected chi connectivity index (χ4v) is 24.7. The number of anilines is 8. The van der Waals surface area contributed by atoms with Crippen LogP contribution in [0.4, 0.5) is 55.8 Å². The van der Waals surface area contributed by atoms with Gasteiger partial charge in [-0.3, -0.25) is 16.8 Å². The number of hydrogen-bond donors (Lipinski definition) is 5. The standard InChI is InChI=1S/C24H30F2N4O2S.C23H29ClN4O2S.C23H27N5O3S.C22H25N5O3S.2CH4/c1-24(25,26)18-4-2-16(3-5-18)17-6-11-30(12-7-17)23-28-20-10-15-33(31)21(20)22(29-23)27-19-8-13-32-14-9-19;1-15-12-17(14-18(24)13-15)16-2-7-28(8-3-16)23-26-20-6-11-31(29)21(20)22(27-23)25-19-4-9-30-10-5-19;29-32-14-9-18-20(32)21(24-16-7-12-30-13-8-16)27-23(26-18)28-10-5-15(6-11-28)22-25-17-3-1-2-4-19(17)31-22;28-13-22(8-9-22)26-19-18-16(7-12-31(18)29)24-21(25-19)27-10-5-14(6-11-27)20-23-15-3-1-2-4-17(15)30-20;;/h2-5,17,19H,6-15H2,1H3,(H,27,28,29);12-14,16,19H,2-11H2,1H3,(H,25,26,27);1-4,15-16H,5-14H2,(H,24,26,27);1-4,14,28H,5-13H2,(H,24,25,26);2*1H4. The van der Waals surface area contributed by atoms with Gasteiger partial charge in [0.05, 0.1) is 78.1 Å². The highest BCUT2D eigenvalue weighted by atomic mass is 35.5. The predicted octanol–water partition coefficient (Wildman–Crippen LogP) is 15.4. The number of benzene rings is 4. The number of ether oxygens (including phenoxy) is 3. The molecule has 0 amide bonds. The fraction of sp³-hybridized carbons (Fsp3) is 0.553. The zero-order chi connectivity index (χ0) is 86.9. The van der Waals surface area contributed by atoms with Crippen LogP contribution in [-0.2, 0) is 89.0 Å². The van der Waals surface area contributed by atoms with Gasteiger partial charge >= 0.3 is 0 Å². The van der Waals surface area contributed by atoms with E-state index in [-0.39, 0.29) is 44.5 Å². The topological polar surface area (TPSA) is 332 Å². The van der Waals surface area contributed by atoms with Crippen molar-refractivity contribution in [3.05, 3.63) is 153 Å². The molecule has 6 aromatic heterocycles. The average molecular weight is 1860 g/mol. The van der Waals surface area contributed by atoms with Gasteiger partial charge in [-0.1, -0.05) is 81.1 Å². The second-order valence-electron chi connectivity index (χ2n) is 35.6. The Morgan fingerprint density at radius 1 is 0.434 bits per heavy atom. The van der Waals surface area contributed by atoms with Gasteiger partial charge in [-0.15, -0.1) is 0 Å². The first-order valence-corrected chi connectivity index (χ1v) is 51.0. The number of oxazole rings is 2. The van der Waals surface area contributed by atoms with Crippen LogP contribution in [0, 0.1) is 6.92 Å². The molecule has 4 atom stereocenters. The minimum absolute atomic E-state index is 0. The van der Waals surface area contributed by atoms with E-state index in [0.717, 1.165) is 331 Å². The number of nitrogens with one attached hydrogen (secondary N) is 4. The molecule has 5 N–H and O–H groups in total. The SMILES string of the molecule is C.C.CC(F)(F)c1ccc(C2CCN(c3nc4c(c(NC5CCOCC5)n3)S(=O)CC4)CC2)cc1.Cc1cc(Cl)cc(C2CCN(c3nc4c(c(NC5CCOCC5)n3)S(=O)CC4)CC2)c1.O=S1CCc2nc(N3CCC(c4nc5ccccc5o4)CC3)nc(NC3(CO)CC3)c21.O=S1CCc2nc(N3CCC(c4nc5ccccc5o4)CC3)nc(NC3CCOCC3)c21. The number of fused-ring (bicyclic) bond motifs is 6. The molecular formula is C94H119ClF2N18O10S4. The third-order valence-electron chi connectivity index (χ3n) is 26.8. The molecule has 8 fully saturated rings. The van der Waals surface area contributed by atoms with Crippen molar-refractivity contribution >= 4 is 124 Å². The molecule has 1 saturated carbocycles. The highest BCUT2D eigenvalue weighted by Gasteiger charge is 2.45. The molecule has 0 spiro atoms. The molecule has 11 aliphatic heterocycles. The molecule has 1 aliphatic carbocycles. The zero-order valence-electron chi connectivity index (χ0n) is 71.9. The van der Waals surface area contributed by atoms with Crippen molar-refractivity contribution in [1.29, 1.82) is 0 Å². The van der Waals surface area contributed by atoms with Gasteiger partial charge in [0, 0.05) is 188 Å². The first kappa shape index (κ1) is 92.0. The Morgan fingerprint density at radius 3 is 1.10 bits per heavy atom. The molecule has 12 aliphatic rings. The molecule has 28 nitrogen and oxygen atoms in total. The van der Waals surface area contributed by atoms with E-state index in [2.05, 4.69) is 64.9 Å². The van der Waals surface area contributed by atoms with Crippen LogP contribution < -0.4 is 40.9 Å². The van der Waals surface area contributed by atoms with Gasteiger partial charge in [0.2, 0.25) is 23.8 Å². The minimum Gasteiger partial charge on any atom is -0.440 e. The molecule has 690 valence electrons. The minimum atomic E-state index is -2.81. The summed E-state index contributed by atoms with van der Waals surface area (Å²) >= 11 is 6.29. The van der Waals surface area contributed by atoms with Crippen LogP contribution >= 0.6 is 11.6 Å². The molecule has 35 heteroatoms. The Labute approximate surface area is 767 Å². The Bertz CT molecular complexity index is 5620. The van der Waals surface area contributed by atoms with Gasteiger partial charge in [0.1, 0.15) is 53.9 Å². The van der Waals surface area contributed by atoms with Crippen molar-refractivity contribution in [3.8, 4) is 0 Å². The van der Waals surface area contributed by atoms with Gasteiger partial charge in [-0.25, -0.2) is 38.7 Å². The number of hydrogen-bond acceptors (Lipinski definition) is 28. The summed E-state index contributed by atoms with van der Waals surface area (Å²) in [6.07, 6.45) is 18.0. The first-order chi connectivity index (χ1) is 61.8. The lowest BCUT2D eigenvalue weighted by Gasteiger charge is -2.33. The first-order valence-electron chi connectivity index (χ1n) is 45.4. The van der Waals surface area contributed by atoms with Crippen LogP contribution in [0.3, 0.4) is 0 Å². The number of nitrogens with zero attached hydrogens (tertiary/aromatic N) is 14. The van der Waals surface area contributed by atoms with E-state index in [0.29, 0.717) is 83.4 Å². The summed E-state index contributed by atoms with van der Waals surface area (Å²) in [5.74, 6) is 8.53. The van der Waals surface area contributed by atoms with Gasteiger partial charge < -0.3 is 69.0 Å². The molecule has 22 rings (SSSR count). The number of alkyl halides is 2. The van der Waals surface area contributed by atoms with Crippen molar-refractivity contribution in [2.45, 2.75) is 230 Å². The van der Waals surface area contributed by atoms with Crippen LogP contribution in [0.25, 0.3) is 22.2 Å². The van der Waals surface area contributed by atoms with Gasteiger partial charge in [-0.2, -0.15) is 19.9 Å².